The molecule has 0 spiro atoms. The summed E-state index contributed by atoms with van der Waals surface area (Å²) >= 11 is 0. The summed E-state index contributed by atoms with van der Waals surface area (Å²) in [5.41, 5.74) is 4.67. The molecule has 7 nitrogen and oxygen atoms in total. The van der Waals surface area contributed by atoms with Gasteiger partial charge in [0.25, 0.3) is 0 Å². The van der Waals surface area contributed by atoms with Crippen LogP contribution in [-0.4, -0.2) is 68.2 Å². The van der Waals surface area contributed by atoms with E-state index in [0.29, 0.717) is 12.1 Å². The van der Waals surface area contributed by atoms with Crippen molar-refractivity contribution in [3.8, 4) is 11.1 Å². The van der Waals surface area contributed by atoms with Crippen molar-refractivity contribution < 1.29 is 14.3 Å². The first kappa shape index (κ1) is 28.5. The third-order valence-electron chi connectivity index (χ3n) is 6.91. The van der Waals surface area contributed by atoms with Crippen molar-refractivity contribution in [2.45, 2.75) is 26.3 Å². The van der Waals surface area contributed by atoms with Gasteiger partial charge in [-0.2, -0.15) is 0 Å². The third-order valence-corrected chi connectivity index (χ3v) is 6.91. The number of rotatable bonds is 12. The van der Waals surface area contributed by atoms with E-state index in [-0.39, 0.29) is 18.9 Å². The van der Waals surface area contributed by atoms with Crippen molar-refractivity contribution in [3.63, 3.8) is 0 Å². The summed E-state index contributed by atoms with van der Waals surface area (Å²) in [7, 11) is 2.07. The number of carbonyl (C=O) groups excluding carboxylic acids is 2. The number of nitrogens with zero attached hydrogens (tertiary/aromatic N) is 3. The summed E-state index contributed by atoms with van der Waals surface area (Å²) in [6.45, 7) is 6.19. The van der Waals surface area contributed by atoms with E-state index in [2.05, 4.69) is 35.6 Å². The molecule has 1 aliphatic rings. The number of hydrogen-bond acceptors (Lipinski definition) is 6. The summed E-state index contributed by atoms with van der Waals surface area (Å²) in [4.78, 5) is 28.2. The van der Waals surface area contributed by atoms with Crippen LogP contribution in [0.25, 0.3) is 11.1 Å². The average molecular weight is 528 g/mol. The molecule has 0 atom stereocenters. The van der Waals surface area contributed by atoms with Crippen LogP contribution in [0.4, 0.5) is 10.5 Å². The molecule has 4 rings (SSSR count). The fraction of sp³-hybridized carbons (Fsp3) is 0.344. The number of ether oxygens (including phenoxy) is 1. The molecule has 3 aromatic carbocycles. The van der Waals surface area contributed by atoms with Crippen LogP contribution in [0.3, 0.4) is 0 Å². The van der Waals surface area contributed by atoms with Gasteiger partial charge in [-0.15, -0.1) is 0 Å². The maximum Gasteiger partial charge on any atom is 0.429 e. The van der Waals surface area contributed by atoms with Crippen LogP contribution in [0.5, 0.6) is 0 Å². The second-order valence-electron chi connectivity index (χ2n) is 9.76. The normalized spacial score (nSPS) is 13.8. The molecule has 0 bridgehead atoms. The van der Waals surface area contributed by atoms with Gasteiger partial charge in [-0.3, -0.25) is 4.79 Å². The van der Waals surface area contributed by atoms with Gasteiger partial charge in [-0.25, -0.2) is 14.8 Å². The van der Waals surface area contributed by atoms with Gasteiger partial charge in [0.05, 0.1) is 12.2 Å². The summed E-state index contributed by atoms with van der Waals surface area (Å²) in [5.74, 6) is 0.0136. The first-order valence-corrected chi connectivity index (χ1v) is 13.8. The number of hydrazine groups is 1. The zero-order valence-corrected chi connectivity index (χ0v) is 23.0. The van der Waals surface area contributed by atoms with E-state index in [1.807, 2.05) is 78.9 Å². The number of nitrogens with one attached hydrogen (secondary N) is 1. The van der Waals surface area contributed by atoms with E-state index in [1.165, 1.54) is 5.56 Å². The van der Waals surface area contributed by atoms with Gasteiger partial charge in [0.1, 0.15) is 6.61 Å². The number of ketones is 1. The number of para-hydroxylation sites is 1. The average Bonchev–Trinajstić information content (AvgIpc) is 2.98. The molecule has 1 saturated heterocycles. The van der Waals surface area contributed by atoms with Gasteiger partial charge < -0.3 is 15.0 Å². The Bertz CT molecular complexity index is 1190. The first-order chi connectivity index (χ1) is 19.1. The smallest absolute Gasteiger partial charge is 0.429 e. The molecule has 39 heavy (non-hydrogen) atoms. The Morgan fingerprint density at radius 2 is 1.62 bits per heavy atom. The van der Waals surface area contributed by atoms with E-state index >= 15 is 0 Å². The van der Waals surface area contributed by atoms with Crippen molar-refractivity contribution in [1.82, 2.24) is 15.2 Å². The fourth-order valence-electron chi connectivity index (χ4n) is 4.62. The van der Waals surface area contributed by atoms with Crippen LogP contribution in [0, 0.1) is 6.42 Å². The molecule has 0 aliphatic carbocycles. The number of benzene rings is 3. The number of piperidine rings is 1. The second-order valence-corrected chi connectivity index (χ2v) is 9.76. The van der Waals surface area contributed by atoms with Crippen LogP contribution in [0.1, 0.15) is 35.7 Å². The molecule has 3 aromatic rings. The van der Waals surface area contributed by atoms with Crippen molar-refractivity contribution in [3.05, 3.63) is 96.4 Å². The number of Topliss-reactive ketones (excluding diaryl/α,β-unsaturated/α-hetero) is 1. The molecule has 1 radical (unpaired) electrons. The molecule has 205 valence electrons. The molecule has 1 amide bonds. The summed E-state index contributed by atoms with van der Waals surface area (Å²) < 4.78 is 5.71. The Morgan fingerprint density at radius 1 is 0.923 bits per heavy atom. The third kappa shape index (κ3) is 7.99. The van der Waals surface area contributed by atoms with E-state index < -0.39 is 6.09 Å². The van der Waals surface area contributed by atoms with Gasteiger partial charge in [0.2, 0.25) is 0 Å². The second kappa shape index (κ2) is 14.6. The first-order valence-electron chi connectivity index (χ1n) is 13.8. The molecule has 0 aromatic heterocycles. The molecule has 1 aliphatic heterocycles. The topological polar surface area (TPSA) is 65.1 Å². The summed E-state index contributed by atoms with van der Waals surface area (Å²) in [6.07, 6.45) is 3.66. The highest BCUT2D eigenvalue weighted by Gasteiger charge is 2.28. The van der Waals surface area contributed by atoms with Crippen LogP contribution < -0.4 is 10.3 Å². The van der Waals surface area contributed by atoms with Gasteiger partial charge >= 0.3 is 6.09 Å². The largest absolute Gasteiger partial charge is 0.447 e. The molecule has 1 fully saturated rings. The van der Waals surface area contributed by atoms with Crippen LogP contribution in [-0.2, 0) is 11.3 Å². The van der Waals surface area contributed by atoms with E-state index in [0.717, 1.165) is 55.8 Å². The lowest BCUT2D eigenvalue weighted by Crippen LogP contribution is -2.50. The maximum atomic E-state index is 13.4. The van der Waals surface area contributed by atoms with Gasteiger partial charge in [0, 0.05) is 37.3 Å². The lowest BCUT2D eigenvalue weighted by Gasteiger charge is -2.37. The van der Waals surface area contributed by atoms with Crippen LogP contribution in [0.2, 0.25) is 0 Å². The monoisotopic (exact) mass is 527 g/mol. The number of hydrogen-bond donors (Lipinski definition) is 1. The van der Waals surface area contributed by atoms with E-state index in [1.54, 1.807) is 5.01 Å². The van der Waals surface area contributed by atoms with Gasteiger partial charge in [-0.05, 0) is 50.0 Å². The van der Waals surface area contributed by atoms with Gasteiger partial charge in [0.15, 0.2) is 5.78 Å². The Labute approximate surface area is 232 Å². The molecular formula is C32H39N4O3. The van der Waals surface area contributed by atoms with Crippen LogP contribution >= 0.6 is 0 Å². The van der Waals surface area contributed by atoms with Crippen molar-refractivity contribution in [2.75, 3.05) is 51.4 Å². The minimum Gasteiger partial charge on any atom is -0.447 e. The quantitative estimate of drug-likeness (QED) is 0.250. The summed E-state index contributed by atoms with van der Waals surface area (Å²) in [6, 6.07) is 25.7. The van der Waals surface area contributed by atoms with Crippen molar-refractivity contribution in [1.29, 1.82) is 0 Å². The van der Waals surface area contributed by atoms with Crippen molar-refractivity contribution >= 4 is 17.6 Å². The standard InChI is InChI=1S/C32H39N4O3/c1-3-34(2)25-26-16-18-28(19-17-26)31(37)24-33-20-23-39-32(38)36(35-21-10-5-11-22-35)30-15-9-8-14-29(30)27-12-6-4-7-13-27/h4-9,12-19,33H,3,10-11,20-25H2,1-2H3. The minimum absolute atomic E-state index is 0.0136. The number of carbonyl (C=O) groups is 2. The molecule has 0 saturated carbocycles. The van der Waals surface area contributed by atoms with E-state index in [4.69, 9.17) is 4.74 Å². The Morgan fingerprint density at radius 3 is 2.33 bits per heavy atom. The Hall–Kier alpha value is -3.52. The Balaban J connectivity index is 1.34. The molecule has 1 heterocycles. The highest BCUT2D eigenvalue weighted by Crippen LogP contribution is 2.33. The van der Waals surface area contributed by atoms with Crippen molar-refractivity contribution in [2.24, 2.45) is 0 Å². The lowest BCUT2D eigenvalue weighted by atomic mass is 10.0. The number of anilines is 1. The zero-order valence-electron chi connectivity index (χ0n) is 23.0. The SMILES string of the molecule is CCN(C)Cc1ccc(C(=O)CNCCOC(=O)N(c2ccccc2-c2ccccc2)N2CC[CH]CC2)cc1. The Kier molecular flexibility index (Phi) is 10.7. The number of amides is 1. The predicted octanol–water partition coefficient (Wildman–Crippen LogP) is 5.44. The molecular weight excluding hydrogens is 488 g/mol. The van der Waals surface area contributed by atoms with E-state index in [9.17, 15) is 9.59 Å². The molecule has 7 heteroatoms. The fourth-order valence-corrected chi connectivity index (χ4v) is 4.62. The highest BCUT2D eigenvalue weighted by atomic mass is 16.6. The highest BCUT2D eigenvalue weighted by molar-refractivity contribution is 5.97. The predicted molar refractivity (Wildman–Crippen MR) is 156 cm³/mol. The van der Waals surface area contributed by atoms with Gasteiger partial charge in [-0.1, -0.05) is 79.7 Å². The summed E-state index contributed by atoms with van der Waals surface area (Å²) in [5, 5.41) is 6.86. The molecule has 1 N–H and O–H groups in total. The van der Waals surface area contributed by atoms with Crippen LogP contribution in [0.15, 0.2) is 78.9 Å². The minimum atomic E-state index is -0.416. The maximum absolute atomic E-state index is 13.4. The lowest BCUT2D eigenvalue weighted by molar-refractivity contribution is 0.0986. The zero-order chi connectivity index (χ0) is 27.5. The molecule has 0 unspecified atom stereocenters.